The third kappa shape index (κ3) is 3.62. The Morgan fingerprint density at radius 1 is 1.53 bits per heavy atom. The average Bonchev–Trinajstić information content (AvgIpc) is 3.02. The normalized spacial score (nSPS) is 22.6. The standard InChI is InChI=1S/C12H14N2O4S/c1-8-4-11(8)14-19(17,18)10-5-9(6-13-7-10)2-3-12(15)16/h2-3,5-8,11,14H,4H2,1H3,(H,15,16). The highest BCUT2D eigenvalue weighted by Gasteiger charge is 2.36. The number of rotatable bonds is 5. The van der Waals surface area contributed by atoms with E-state index < -0.39 is 16.0 Å². The Morgan fingerprint density at radius 3 is 2.79 bits per heavy atom. The lowest BCUT2D eigenvalue weighted by molar-refractivity contribution is -0.131. The minimum Gasteiger partial charge on any atom is -0.478 e. The molecule has 7 heteroatoms. The van der Waals surface area contributed by atoms with Gasteiger partial charge in [-0.15, -0.1) is 0 Å². The van der Waals surface area contributed by atoms with E-state index in [9.17, 15) is 13.2 Å². The van der Waals surface area contributed by atoms with Crippen molar-refractivity contribution in [1.82, 2.24) is 9.71 Å². The molecule has 0 saturated heterocycles. The lowest BCUT2D eigenvalue weighted by Gasteiger charge is -2.05. The highest BCUT2D eigenvalue weighted by molar-refractivity contribution is 7.89. The Balaban J connectivity index is 2.20. The number of nitrogens with zero attached hydrogens (tertiary/aromatic N) is 1. The zero-order chi connectivity index (χ0) is 14.0. The van der Waals surface area contributed by atoms with Crippen LogP contribution in [0, 0.1) is 5.92 Å². The van der Waals surface area contributed by atoms with Gasteiger partial charge in [-0.3, -0.25) is 4.98 Å². The van der Waals surface area contributed by atoms with Gasteiger partial charge in [-0.25, -0.2) is 17.9 Å². The summed E-state index contributed by atoms with van der Waals surface area (Å²) < 4.78 is 26.6. The third-order valence-electron chi connectivity index (χ3n) is 2.88. The fourth-order valence-electron chi connectivity index (χ4n) is 1.59. The number of aliphatic carboxylic acids is 1. The first-order chi connectivity index (χ1) is 8.88. The molecule has 6 nitrogen and oxygen atoms in total. The number of aromatic nitrogens is 1. The van der Waals surface area contributed by atoms with Crippen LogP contribution in [-0.2, 0) is 14.8 Å². The summed E-state index contributed by atoms with van der Waals surface area (Å²) in [5.41, 5.74) is 0.425. The predicted octanol–water partition coefficient (Wildman–Crippen LogP) is 0.866. The molecule has 0 aliphatic heterocycles. The maximum atomic E-state index is 12.0. The van der Waals surface area contributed by atoms with Crippen molar-refractivity contribution in [1.29, 1.82) is 0 Å². The zero-order valence-corrected chi connectivity index (χ0v) is 11.1. The monoisotopic (exact) mass is 282 g/mol. The van der Waals surface area contributed by atoms with Crippen molar-refractivity contribution in [2.45, 2.75) is 24.3 Å². The first kappa shape index (κ1) is 13.7. The second-order valence-electron chi connectivity index (χ2n) is 4.57. The molecule has 0 aromatic carbocycles. The molecule has 102 valence electrons. The number of carboxylic acid groups (broad SMARTS) is 1. The van der Waals surface area contributed by atoms with Crippen LogP contribution in [-0.4, -0.2) is 30.5 Å². The number of nitrogens with one attached hydrogen (secondary N) is 1. The maximum absolute atomic E-state index is 12.0. The highest BCUT2D eigenvalue weighted by atomic mass is 32.2. The molecule has 0 amide bonds. The molecule has 0 spiro atoms. The second kappa shape index (κ2) is 5.10. The lowest BCUT2D eigenvalue weighted by Crippen LogP contribution is -2.26. The van der Waals surface area contributed by atoms with E-state index in [1.54, 1.807) is 0 Å². The fourth-order valence-corrected chi connectivity index (χ4v) is 2.95. The SMILES string of the molecule is CC1CC1NS(=O)(=O)c1cncc(C=CC(=O)O)c1. The van der Waals surface area contributed by atoms with Gasteiger partial charge in [0.1, 0.15) is 4.90 Å². The van der Waals surface area contributed by atoms with Crippen molar-refractivity contribution in [2.24, 2.45) is 5.92 Å². The topological polar surface area (TPSA) is 96.4 Å². The summed E-state index contributed by atoms with van der Waals surface area (Å²) >= 11 is 0. The third-order valence-corrected chi connectivity index (χ3v) is 4.34. The maximum Gasteiger partial charge on any atom is 0.328 e. The molecule has 1 aromatic rings. The molecule has 2 unspecified atom stereocenters. The molecule has 0 radical (unpaired) electrons. The van der Waals surface area contributed by atoms with Gasteiger partial charge in [0.2, 0.25) is 10.0 Å². The van der Waals surface area contributed by atoms with Crippen LogP contribution in [0.4, 0.5) is 0 Å². The average molecular weight is 282 g/mol. The summed E-state index contributed by atoms with van der Waals surface area (Å²) in [5.74, 6) is -0.740. The van der Waals surface area contributed by atoms with Gasteiger partial charge in [-0.1, -0.05) is 6.92 Å². The van der Waals surface area contributed by atoms with E-state index in [4.69, 9.17) is 5.11 Å². The van der Waals surface area contributed by atoms with Gasteiger partial charge in [-0.2, -0.15) is 0 Å². The van der Waals surface area contributed by atoms with Gasteiger partial charge in [0, 0.05) is 24.5 Å². The molecular formula is C12H14N2O4S. The number of carbonyl (C=O) groups is 1. The molecule has 2 atom stereocenters. The number of hydrogen-bond acceptors (Lipinski definition) is 4. The van der Waals surface area contributed by atoms with E-state index in [-0.39, 0.29) is 10.9 Å². The van der Waals surface area contributed by atoms with Gasteiger partial charge in [0.05, 0.1) is 0 Å². The lowest BCUT2D eigenvalue weighted by atomic mass is 10.2. The van der Waals surface area contributed by atoms with Crippen LogP contribution in [0.25, 0.3) is 6.08 Å². The van der Waals surface area contributed by atoms with Crippen molar-refractivity contribution in [2.75, 3.05) is 0 Å². The number of pyridine rings is 1. The zero-order valence-electron chi connectivity index (χ0n) is 10.3. The Labute approximate surface area is 111 Å². The highest BCUT2D eigenvalue weighted by Crippen LogP contribution is 2.30. The summed E-state index contributed by atoms with van der Waals surface area (Å²) in [6, 6.07) is 1.38. The molecule has 1 fully saturated rings. The minimum atomic E-state index is -3.58. The first-order valence-electron chi connectivity index (χ1n) is 5.77. The summed E-state index contributed by atoms with van der Waals surface area (Å²) in [6.45, 7) is 1.97. The van der Waals surface area contributed by atoms with Crippen LogP contribution in [0.3, 0.4) is 0 Å². The van der Waals surface area contributed by atoms with Crippen LogP contribution < -0.4 is 4.72 Å². The van der Waals surface area contributed by atoms with E-state index in [2.05, 4.69) is 9.71 Å². The molecular weight excluding hydrogens is 268 g/mol. The molecule has 19 heavy (non-hydrogen) atoms. The number of hydrogen-bond donors (Lipinski definition) is 2. The van der Waals surface area contributed by atoms with Crippen LogP contribution in [0.15, 0.2) is 29.4 Å². The molecule has 1 heterocycles. The summed E-state index contributed by atoms with van der Waals surface area (Å²) in [6.07, 6.45) is 5.72. The van der Waals surface area contributed by atoms with Crippen LogP contribution >= 0.6 is 0 Å². The fraction of sp³-hybridized carbons (Fsp3) is 0.333. The Bertz CT molecular complexity index is 624. The van der Waals surface area contributed by atoms with Gasteiger partial charge >= 0.3 is 5.97 Å². The molecule has 1 saturated carbocycles. The Morgan fingerprint density at radius 2 is 2.21 bits per heavy atom. The van der Waals surface area contributed by atoms with Crippen molar-refractivity contribution in [3.05, 3.63) is 30.1 Å². The van der Waals surface area contributed by atoms with Crippen molar-refractivity contribution >= 4 is 22.1 Å². The molecule has 1 aliphatic rings. The van der Waals surface area contributed by atoms with E-state index in [0.717, 1.165) is 12.5 Å². The molecule has 2 rings (SSSR count). The van der Waals surface area contributed by atoms with E-state index >= 15 is 0 Å². The van der Waals surface area contributed by atoms with E-state index in [0.29, 0.717) is 11.5 Å². The van der Waals surface area contributed by atoms with Crippen molar-refractivity contribution < 1.29 is 18.3 Å². The van der Waals surface area contributed by atoms with Gasteiger partial charge in [-0.05, 0) is 30.0 Å². The van der Waals surface area contributed by atoms with Crippen LogP contribution in [0.1, 0.15) is 18.9 Å². The van der Waals surface area contributed by atoms with Gasteiger partial charge in [0.15, 0.2) is 0 Å². The van der Waals surface area contributed by atoms with E-state index in [1.165, 1.54) is 24.5 Å². The van der Waals surface area contributed by atoms with Crippen LogP contribution in [0.5, 0.6) is 0 Å². The molecule has 1 aliphatic carbocycles. The van der Waals surface area contributed by atoms with E-state index in [1.807, 2.05) is 6.92 Å². The molecule has 0 bridgehead atoms. The quantitative estimate of drug-likeness (QED) is 0.781. The minimum absolute atomic E-state index is 0.0109. The Kier molecular flexibility index (Phi) is 3.68. The summed E-state index contributed by atoms with van der Waals surface area (Å²) in [4.78, 5) is 14.3. The van der Waals surface area contributed by atoms with Crippen LogP contribution in [0.2, 0.25) is 0 Å². The summed E-state index contributed by atoms with van der Waals surface area (Å²) in [7, 11) is -3.58. The van der Waals surface area contributed by atoms with Gasteiger partial charge in [0.25, 0.3) is 0 Å². The predicted molar refractivity (Wildman–Crippen MR) is 68.8 cm³/mol. The first-order valence-corrected chi connectivity index (χ1v) is 7.25. The second-order valence-corrected chi connectivity index (χ2v) is 6.28. The van der Waals surface area contributed by atoms with Crippen molar-refractivity contribution in [3.8, 4) is 0 Å². The Hall–Kier alpha value is -1.73. The van der Waals surface area contributed by atoms with Gasteiger partial charge < -0.3 is 5.11 Å². The largest absolute Gasteiger partial charge is 0.478 e. The number of carboxylic acids is 1. The molecule has 2 N–H and O–H groups in total. The molecule has 1 aromatic heterocycles. The summed E-state index contributed by atoms with van der Waals surface area (Å²) in [5, 5.41) is 8.52. The van der Waals surface area contributed by atoms with Crippen molar-refractivity contribution in [3.63, 3.8) is 0 Å². The number of sulfonamides is 1. The smallest absolute Gasteiger partial charge is 0.328 e.